The van der Waals surface area contributed by atoms with Gasteiger partial charge in [-0.2, -0.15) is 0 Å². The molecule has 1 N–H and O–H groups in total. The summed E-state index contributed by atoms with van der Waals surface area (Å²) in [7, 11) is 1.69. The van der Waals surface area contributed by atoms with Gasteiger partial charge in [0.05, 0.1) is 7.11 Å². The van der Waals surface area contributed by atoms with Crippen molar-refractivity contribution >= 4 is 11.3 Å². The summed E-state index contributed by atoms with van der Waals surface area (Å²) in [6.45, 7) is 9.89. The average Bonchev–Trinajstić information content (AvgIpc) is 2.94. The molecule has 0 saturated heterocycles. The molecule has 0 aliphatic rings. The van der Waals surface area contributed by atoms with Crippen LogP contribution < -0.4 is 10.1 Å². The number of nitrogens with one attached hydrogen (secondary N) is 1. The first-order valence-electron chi connectivity index (χ1n) is 7.36. The average molecular weight is 303 g/mol. The fourth-order valence-electron chi connectivity index (χ4n) is 2.14. The molecule has 0 fully saturated rings. The van der Waals surface area contributed by atoms with Crippen molar-refractivity contribution in [1.29, 1.82) is 0 Å². The molecule has 0 aliphatic carbocycles. The number of methoxy groups -OCH3 is 1. The Morgan fingerprint density at radius 2 is 1.76 bits per heavy atom. The van der Waals surface area contributed by atoms with E-state index in [0.717, 1.165) is 12.3 Å². The van der Waals surface area contributed by atoms with Crippen LogP contribution >= 0.6 is 11.3 Å². The summed E-state index contributed by atoms with van der Waals surface area (Å²) in [5.41, 5.74) is 1.52. The van der Waals surface area contributed by atoms with Crippen molar-refractivity contribution in [2.75, 3.05) is 7.11 Å². The molecule has 1 aromatic heterocycles. The van der Waals surface area contributed by atoms with Crippen LogP contribution in [0.3, 0.4) is 0 Å². The lowest BCUT2D eigenvalue weighted by molar-refractivity contribution is 0.414. The molecule has 0 radical (unpaired) electrons. The van der Waals surface area contributed by atoms with Crippen LogP contribution in [-0.2, 0) is 12.0 Å². The van der Waals surface area contributed by atoms with Crippen molar-refractivity contribution in [3.8, 4) is 5.75 Å². The predicted octanol–water partition coefficient (Wildman–Crippen LogP) is 4.91. The monoisotopic (exact) mass is 303 g/mol. The van der Waals surface area contributed by atoms with E-state index in [-0.39, 0.29) is 5.41 Å². The minimum absolute atomic E-state index is 0.241. The molecular weight excluding hydrogens is 278 g/mol. The van der Waals surface area contributed by atoms with Crippen molar-refractivity contribution in [2.24, 2.45) is 0 Å². The molecule has 1 heterocycles. The quantitative estimate of drug-likeness (QED) is 0.848. The topological polar surface area (TPSA) is 21.3 Å². The lowest BCUT2D eigenvalue weighted by atomic mass is 9.95. The summed E-state index contributed by atoms with van der Waals surface area (Å²) < 4.78 is 5.19. The second-order valence-corrected chi connectivity index (χ2v) is 7.56. The summed E-state index contributed by atoms with van der Waals surface area (Å²) in [4.78, 5) is 2.83. The SMILES string of the molecule is COc1ccc([C@H](C)NCc2ccc(C(C)(C)C)s2)cc1. The molecule has 114 valence electrons. The maximum atomic E-state index is 5.19. The van der Waals surface area contributed by atoms with Crippen LogP contribution in [0, 0.1) is 0 Å². The van der Waals surface area contributed by atoms with Gasteiger partial charge < -0.3 is 10.1 Å². The van der Waals surface area contributed by atoms with Crippen LogP contribution in [0.15, 0.2) is 36.4 Å². The van der Waals surface area contributed by atoms with E-state index in [9.17, 15) is 0 Å². The van der Waals surface area contributed by atoms with Crippen molar-refractivity contribution in [3.05, 3.63) is 51.7 Å². The van der Waals surface area contributed by atoms with Gasteiger partial charge >= 0.3 is 0 Å². The molecule has 3 heteroatoms. The molecule has 0 spiro atoms. The van der Waals surface area contributed by atoms with Crippen molar-refractivity contribution in [3.63, 3.8) is 0 Å². The molecule has 0 amide bonds. The van der Waals surface area contributed by atoms with Crippen molar-refractivity contribution in [2.45, 2.75) is 45.7 Å². The Morgan fingerprint density at radius 1 is 1.10 bits per heavy atom. The Hall–Kier alpha value is -1.32. The molecule has 2 nitrogen and oxygen atoms in total. The second kappa shape index (κ2) is 6.63. The van der Waals surface area contributed by atoms with Crippen LogP contribution in [0.4, 0.5) is 0 Å². The summed E-state index contributed by atoms with van der Waals surface area (Å²) in [5, 5.41) is 3.59. The van der Waals surface area contributed by atoms with Crippen LogP contribution in [0.2, 0.25) is 0 Å². The molecule has 2 rings (SSSR count). The lowest BCUT2D eigenvalue weighted by Crippen LogP contribution is -2.17. The van der Waals surface area contributed by atoms with Gasteiger partial charge in [-0.3, -0.25) is 0 Å². The predicted molar refractivity (Wildman–Crippen MR) is 91.3 cm³/mol. The van der Waals surface area contributed by atoms with Crippen LogP contribution in [0.1, 0.15) is 49.1 Å². The maximum absolute atomic E-state index is 5.19. The number of benzene rings is 1. The van der Waals surface area contributed by atoms with E-state index in [0.29, 0.717) is 6.04 Å². The largest absolute Gasteiger partial charge is 0.497 e. The Morgan fingerprint density at radius 3 is 2.29 bits per heavy atom. The van der Waals surface area contributed by atoms with E-state index < -0.39 is 0 Å². The van der Waals surface area contributed by atoms with E-state index in [2.05, 4.69) is 57.3 Å². The number of hydrogen-bond donors (Lipinski definition) is 1. The normalized spacial score (nSPS) is 13.2. The highest BCUT2D eigenvalue weighted by Gasteiger charge is 2.16. The van der Waals surface area contributed by atoms with E-state index >= 15 is 0 Å². The van der Waals surface area contributed by atoms with E-state index in [1.54, 1.807) is 7.11 Å². The Balaban J connectivity index is 1.94. The molecule has 0 aliphatic heterocycles. The summed E-state index contributed by atoms with van der Waals surface area (Å²) in [6, 6.07) is 13.1. The molecule has 1 aromatic carbocycles. The molecule has 21 heavy (non-hydrogen) atoms. The van der Waals surface area contributed by atoms with E-state index in [4.69, 9.17) is 4.74 Å². The van der Waals surface area contributed by atoms with Gasteiger partial charge in [0.2, 0.25) is 0 Å². The van der Waals surface area contributed by atoms with Crippen LogP contribution in [-0.4, -0.2) is 7.11 Å². The summed E-state index contributed by atoms with van der Waals surface area (Å²) in [6.07, 6.45) is 0. The van der Waals surface area contributed by atoms with Gasteiger partial charge in [0.1, 0.15) is 5.75 Å². The fourth-order valence-corrected chi connectivity index (χ4v) is 3.16. The smallest absolute Gasteiger partial charge is 0.118 e. The second-order valence-electron chi connectivity index (χ2n) is 6.39. The van der Waals surface area contributed by atoms with Crippen LogP contribution in [0.5, 0.6) is 5.75 Å². The van der Waals surface area contributed by atoms with Crippen molar-refractivity contribution in [1.82, 2.24) is 5.32 Å². The highest BCUT2D eigenvalue weighted by molar-refractivity contribution is 7.12. The first kappa shape index (κ1) is 16.1. The van der Waals surface area contributed by atoms with Crippen LogP contribution in [0.25, 0.3) is 0 Å². The zero-order valence-corrected chi connectivity index (χ0v) is 14.4. The van der Waals surface area contributed by atoms with E-state index in [1.807, 2.05) is 23.5 Å². The van der Waals surface area contributed by atoms with Gasteiger partial charge in [0.15, 0.2) is 0 Å². The molecule has 0 unspecified atom stereocenters. The number of thiophene rings is 1. The Kier molecular flexibility index (Phi) is 5.07. The highest BCUT2D eigenvalue weighted by Crippen LogP contribution is 2.29. The molecule has 1 atom stereocenters. The Bertz CT molecular complexity index is 566. The minimum Gasteiger partial charge on any atom is -0.497 e. The lowest BCUT2D eigenvalue weighted by Gasteiger charge is -2.16. The first-order valence-corrected chi connectivity index (χ1v) is 8.18. The Labute approximate surface area is 132 Å². The summed E-state index contributed by atoms with van der Waals surface area (Å²) >= 11 is 1.90. The third-order valence-corrected chi connectivity index (χ3v) is 5.11. The highest BCUT2D eigenvalue weighted by atomic mass is 32.1. The van der Waals surface area contributed by atoms with Crippen molar-refractivity contribution < 1.29 is 4.74 Å². The fraction of sp³-hybridized carbons (Fsp3) is 0.444. The number of rotatable bonds is 5. The summed E-state index contributed by atoms with van der Waals surface area (Å²) in [5.74, 6) is 0.902. The van der Waals surface area contributed by atoms with Gasteiger partial charge in [-0.1, -0.05) is 32.9 Å². The van der Waals surface area contributed by atoms with Gasteiger partial charge in [0.25, 0.3) is 0 Å². The zero-order valence-electron chi connectivity index (χ0n) is 13.6. The standard InChI is InChI=1S/C18H25NOS/c1-13(14-6-8-15(20-5)9-7-14)19-12-16-10-11-17(21-16)18(2,3)4/h6-11,13,19H,12H2,1-5H3/t13-/m0/s1. The third-order valence-electron chi connectivity index (χ3n) is 3.60. The van der Waals surface area contributed by atoms with Gasteiger partial charge in [-0.25, -0.2) is 0 Å². The van der Waals surface area contributed by atoms with Gasteiger partial charge in [-0.15, -0.1) is 11.3 Å². The third kappa shape index (κ3) is 4.32. The zero-order chi connectivity index (χ0) is 15.5. The van der Waals surface area contributed by atoms with Gasteiger partial charge in [-0.05, 0) is 42.2 Å². The number of ether oxygens (including phenoxy) is 1. The van der Waals surface area contributed by atoms with E-state index in [1.165, 1.54) is 15.3 Å². The molecule has 2 aromatic rings. The number of hydrogen-bond acceptors (Lipinski definition) is 3. The molecule has 0 saturated carbocycles. The maximum Gasteiger partial charge on any atom is 0.118 e. The van der Waals surface area contributed by atoms with Gasteiger partial charge in [0, 0.05) is 22.3 Å². The molecular formula is C18H25NOS. The minimum atomic E-state index is 0.241. The first-order chi connectivity index (χ1) is 9.90. The molecule has 0 bridgehead atoms.